The van der Waals surface area contributed by atoms with Crippen molar-refractivity contribution in [3.63, 3.8) is 0 Å². The lowest BCUT2D eigenvalue weighted by Crippen LogP contribution is -2.44. The Labute approximate surface area is 153 Å². The summed E-state index contributed by atoms with van der Waals surface area (Å²) in [6, 6.07) is 7.82. The fraction of sp³-hybridized carbons (Fsp3) is 0.500. The first-order valence-electron chi connectivity index (χ1n) is 9.59. The lowest BCUT2D eigenvalue weighted by molar-refractivity contribution is 0.0932. The van der Waals surface area contributed by atoms with Crippen LogP contribution in [0.15, 0.2) is 41.3 Å². The molecule has 6 nitrogen and oxygen atoms in total. The molecule has 2 aliphatic rings. The number of nitrogens with zero attached hydrogens (tertiary/aromatic N) is 1. The summed E-state index contributed by atoms with van der Waals surface area (Å²) in [6.45, 7) is 0. The summed E-state index contributed by atoms with van der Waals surface area (Å²) >= 11 is 0. The van der Waals surface area contributed by atoms with Gasteiger partial charge in [0.2, 0.25) is 0 Å². The van der Waals surface area contributed by atoms with Crippen LogP contribution >= 0.6 is 0 Å². The van der Waals surface area contributed by atoms with E-state index < -0.39 is 0 Å². The number of hydrogen-bond donors (Lipinski definition) is 3. The number of rotatable bonds is 5. The highest BCUT2D eigenvalue weighted by Crippen LogP contribution is 2.28. The van der Waals surface area contributed by atoms with Crippen LogP contribution in [-0.2, 0) is 0 Å². The topological polar surface area (TPSA) is 79.2 Å². The molecule has 26 heavy (non-hydrogen) atoms. The van der Waals surface area contributed by atoms with Crippen LogP contribution < -0.4 is 16.2 Å². The molecule has 2 unspecified atom stereocenters. The van der Waals surface area contributed by atoms with Gasteiger partial charge in [-0.1, -0.05) is 44.2 Å². The van der Waals surface area contributed by atoms with Crippen molar-refractivity contribution < 1.29 is 9.21 Å². The van der Waals surface area contributed by atoms with E-state index in [4.69, 9.17) is 4.42 Å². The SMILES string of the molecule is O=C(NC1CC(CC2CCCCC2)NN1)c1ccc(-c2cnco2)cc1. The zero-order chi connectivity index (χ0) is 17.8. The summed E-state index contributed by atoms with van der Waals surface area (Å²) in [5.74, 6) is 1.47. The molecule has 1 aliphatic carbocycles. The monoisotopic (exact) mass is 354 g/mol. The van der Waals surface area contributed by atoms with E-state index in [1.54, 1.807) is 6.20 Å². The van der Waals surface area contributed by atoms with Crippen molar-refractivity contribution in [2.75, 3.05) is 0 Å². The Bertz CT molecular complexity index is 708. The second kappa shape index (κ2) is 8.01. The van der Waals surface area contributed by atoms with Gasteiger partial charge in [0, 0.05) is 17.2 Å². The molecule has 2 fully saturated rings. The van der Waals surface area contributed by atoms with E-state index in [1.165, 1.54) is 44.9 Å². The maximum atomic E-state index is 12.5. The highest BCUT2D eigenvalue weighted by atomic mass is 16.3. The van der Waals surface area contributed by atoms with E-state index in [-0.39, 0.29) is 12.1 Å². The second-order valence-electron chi connectivity index (χ2n) is 7.43. The van der Waals surface area contributed by atoms with E-state index >= 15 is 0 Å². The number of benzene rings is 1. The van der Waals surface area contributed by atoms with E-state index in [1.807, 2.05) is 24.3 Å². The zero-order valence-corrected chi connectivity index (χ0v) is 14.9. The average Bonchev–Trinajstić information content (AvgIpc) is 3.35. The minimum atomic E-state index is -0.0632. The summed E-state index contributed by atoms with van der Waals surface area (Å²) < 4.78 is 5.27. The lowest BCUT2D eigenvalue weighted by Gasteiger charge is -2.24. The van der Waals surface area contributed by atoms with Gasteiger partial charge in [0.15, 0.2) is 12.2 Å². The Morgan fingerprint density at radius 1 is 1.15 bits per heavy atom. The number of carbonyl (C=O) groups is 1. The summed E-state index contributed by atoms with van der Waals surface area (Å²) in [4.78, 5) is 16.4. The second-order valence-corrected chi connectivity index (χ2v) is 7.43. The molecule has 1 amide bonds. The fourth-order valence-electron chi connectivity index (χ4n) is 4.08. The average molecular weight is 354 g/mol. The van der Waals surface area contributed by atoms with Gasteiger partial charge in [0.25, 0.3) is 5.91 Å². The Morgan fingerprint density at radius 2 is 1.96 bits per heavy atom. The van der Waals surface area contributed by atoms with Gasteiger partial charge in [0.1, 0.15) is 0 Å². The number of hydrazine groups is 1. The Kier molecular flexibility index (Phi) is 5.32. The molecule has 4 rings (SSSR count). The van der Waals surface area contributed by atoms with E-state index in [2.05, 4.69) is 21.2 Å². The Balaban J connectivity index is 1.28. The van der Waals surface area contributed by atoms with Crippen LogP contribution in [0.1, 0.15) is 55.3 Å². The van der Waals surface area contributed by atoms with Crippen LogP contribution in [0.25, 0.3) is 11.3 Å². The molecule has 2 atom stereocenters. The molecule has 1 aromatic heterocycles. The van der Waals surface area contributed by atoms with Gasteiger partial charge in [-0.25, -0.2) is 10.4 Å². The van der Waals surface area contributed by atoms with Crippen LogP contribution in [0.3, 0.4) is 0 Å². The highest BCUT2D eigenvalue weighted by Gasteiger charge is 2.28. The number of aromatic nitrogens is 1. The third kappa shape index (κ3) is 4.14. The van der Waals surface area contributed by atoms with Gasteiger partial charge in [-0.3, -0.25) is 10.2 Å². The van der Waals surface area contributed by atoms with E-state index in [0.717, 1.165) is 17.9 Å². The van der Waals surface area contributed by atoms with E-state index in [0.29, 0.717) is 17.4 Å². The molecule has 1 aromatic carbocycles. The van der Waals surface area contributed by atoms with Crippen LogP contribution in [0.2, 0.25) is 0 Å². The standard InChI is InChI=1S/C20H26N4O2/c25-20(16-8-6-15(7-9-16)18-12-21-13-26-18)22-19-11-17(23-24-19)10-14-4-2-1-3-5-14/h6-9,12-14,17,19,23-24H,1-5,10-11H2,(H,22,25). The molecule has 3 N–H and O–H groups in total. The normalized spacial score (nSPS) is 23.8. The number of carbonyl (C=O) groups excluding carboxylic acids is 1. The molecule has 1 aliphatic heterocycles. The predicted octanol–water partition coefficient (Wildman–Crippen LogP) is 3.23. The number of nitrogens with one attached hydrogen (secondary N) is 3. The number of hydrogen-bond acceptors (Lipinski definition) is 5. The van der Waals surface area contributed by atoms with Crippen LogP contribution in [0, 0.1) is 5.92 Å². The minimum absolute atomic E-state index is 0.0231. The van der Waals surface area contributed by atoms with Gasteiger partial charge >= 0.3 is 0 Å². The van der Waals surface area contributed by atoms with E-state index in [9.17, 15) is 4.79 Å². The van der Waals surface area contributed by atoms with Gasteiger partial charge in [-0.15, -0.1) is 0 Å². The van der Waals surface area contributed by atoms with Crippen molar-refractivity contribution in [2.45, 2.75) is 57.2 Å². The maximum absolute atomic E-state index is 12.5. The Hall–Kier alpha value is -2.18. The molecule has 1 saturated carbocycles. The molecule has 138 valence electrons. The summed E-state index contributed by atoms with van der Waals surface area (Å²) in [5, 5.41) is 3.07. The lowest BCUT2D eigenvalue weighted by atomic mass is 9.84. The molecule has 0 bridgehead atoms. The maximum Gasteiger partial charge on any atom is 0.252 e. The van der Waals surface area contributed by atoms with Crippen molar-refractivity contribution in [3.8, 4) is 11.3 Å². The van der Waals surface area contributed by atoms with Crippen molar-refractivity contribution >= 4 is 5.91 Å². The highest BCUT2D eigenvalue weighted by molar-refractivity contribution is 5.94. The first-order valence-corrected chi connectivity index (χ1v) is 9.59. The summed E-state index contributed by atoms with van der Waals surface area (Å²) in [5.41, 5.74) is 8.13. The third-order valence-electron chi connectivity index (χ3n) is 5.49. The fourth-order valence-corrected chi connectivity index (χ4v) is 4.08. The quantitative estimate of drug-likeness (QED) is 0.768. The van der Waals surface area contributed by atoms with Gasteiger partial charge < -0.3 is 9.73 Å². The largest absolute Gasteiger partial charge is 0.444 e. The van der Waals surface area contributed by atoms with Crippen molar-refractivity contribution in [1.82, 2.24) is 21.2 Å². The molecule has 2 heterocycles. The molecule has 2 aromatic rings. The summed E-state index contributed by atoms with van der Waals surface area (Å²) in [6.07, 6.45) is 12.0. The molecule has 0 spiro atoms. The van der Waals surface area contributed by atoms with Crippen LogP contribution in [0.5, 0.6) is 0 Å². The smallest absolute Gasteiger partial charge is 0.252 e. The Morgan fingerprint density at radius 3 is 2.69 bits per heavy atom. The van der Waals surface area contributed by atoms with Crippen LogP contribution in [0.4, 0.5) is 0 Å². The molecular weight excluding hydrogens is 328 g/mol. The number of amides is 1. The molecular formula is C20H26N4O2. The van der Waals surface area contributed by atoms with Gasteiger partial charge in [-0.2, -0.15) is 0 Å². The first-order chi connectivity index (χ1) is 12.8. The first kappa shape index (κ1) is 17.2. The van der Waals surface area contributed by atoms with Crippen molar-refractivity contribution in [1.29, 1.82) is 0 Å². The molecule has 0 radical (unpaired) electrons. The van der Waals surface area contributed by atoms with Gasteiger partial charge in [-0.05, 0) is 30.9 Å². The molecule has 1 saturated heterocycles. The summed E-state index contributed by atoms with van der Waals surface area (Å²) in [7, 11) is 0. The van der Waals surface area contributed by atoms with Crippen molar-refractivity contribution in [3.05, 3.63) is 42.4 Å². The zero-order valence-electron chi connectivity index (χ0n) is 14.9. The van der Waals surface area contributed by atoms with Crippen LogP contribution in [-0.4, -0.2) is 23.1 Å². The predicted molar refractivity (Wildman–Crippen MR) is 99.1 cm³/mol. The van der Waals surface area contributed by atoms with Gasteiger partial charge in [0.05, 0.1) is 12.4 Å². The number of oxazole rings is 1. The minimum Gasteiger partial charge on any atom is -0.444 e. The van der Waals surface area contributed by atoms with Crippen molar-refractivity contribution in [2.24, 2.45) is 5.92 Å². The third-order valence-corrected chi connectivity index (χ3v) is 5.49. The molecule has 6 heteroatoms.